The van der Waals surface area contributed by atoms with Crippen LogP contribution in [0.1, 0.15) is 32.1 Å². The van der Waals surface area contributed by atoms with E-state index in [4.69, 9.17) is 5.73 Å². The lowest BCUT2D eigenvalue weighted by Gasteiger charge is -2.25. The zero-order valence-corrected chi connectivity index (χ0v) is 10.5. The Bertz CT molecular complexity index is 210. The fraction of sp³-hybridized carbons (Fsp3) is 0.917. The highest BCUT2D eigenvalue weighted by Crippen LogP contribution is 2.25. The summed E-state index contributed by atoms with van der Waals surface area (Å²) in [7, 11) is 4.02. The predicted octanol–water partition coefficient (Wildman–Crippen LogP) is 0.572. The predicted molar refractivity (Wildman–Crippen MR) is 66.1 cm³/mol. The van der Waals surface area contributed by atoms with Gasteiger partial charge in [0.05, 0.1) is 0 Å². The van der Waals surface area contributed by atoms with Crippen molar-refractivity contribution in [2.24, 2.45) is 11.7 Å². The summed E-state index contributed by atoms with van der Waals surface area (Å²) >= 11 is 0. The van der Waals surface area contributed by atoms with Gasteiger partial charge in [0.15, 0.2) is 0 Å². The van der Waals surface area contributed by atoms with E-state index < -0.39 is 0 Å². The highest BCUT2D eigenvalue weighted by molar-refractivity contribution is 5.76. The van der Waals surface area contributed by atoms with E-state index in [2.05, 4.69) is 10.2 Å². The fourth-order valence-electron chi connectivity index (χ4n) is 2.15. The molecule has 4 nitrogen and oxygen atoms in total. The van der Waals surface area contributed by atoms with Crippen LogP contribution in [0.25, 0.3) is 0 Å². The molecule has 1 rings (SSSR count). The summed E-state index contributed by atoms with van der Waals surface area (Å²) in [6, 6.07) is 0.369. The van der Waals surface area contributed by atoms with E-state index in [9.17, 15) is 4.79 Å². The van der Waals surface area contributed by atoms with E-state index in [-0.39, 0.29) is 5.91 Å². The Morgan fingerprint density at radius 3 is 2.50 bits per heavy atom. The first-order valence-corrected chi connectivity index (χ1v) is 6.25. The third kappa shape index (κ3) is 5.47. The van der Waals surface area contributed by atoms with E-state index >= 15 is 0 Å². The van der Waals surface area contributed by atoms with Gasteiger partial charge in [-0.1, -0.05) is 0 Å². The van der Waals surface area contributed by atoms with Crippen molar-refractivity contribution in [1.29, 1.82) is 0 Å². The molecule has 0 aliphatic heterocycles. The minimum atomic E-state index is 0.197. The van der Waals surface area contributed by atoms with Crippen molar-refractivity contribution in [3.63, 3.8) is 0 Å². The average Bonchev–Trinajstić information content (AvgIpc) is 2.21. The van der Waals surface area contributed by atoms with E-state index in [1.54, 1.807) is 0 Å². The van der Waals surface area contributed by atoms with Crippen LogP contribution >= 0.6 is 0 Å². The third-order valence-electron chi connectivity index (χ3n) is 3.25. The molecule has 0 aromatic rings. The topological polar surface area (TPSA) is 58.4 Å². The summed E-state index contributed by atoms with van der Waals surface area (Å²) in [5.41, 5.74) is 5.84. The molecule has 0 radical (unpaired) electrons. The summed E-state index contributed by atoms with van der Waals surface area (Å²) in [5.74, 6) is 0.751. The van der Waals surface area contributed by atoms with Crippen molar-refractivity contribution >= 4 is 5.91 Å². The number of likely N-dealkylation sites (N-methyl/N-ethyl adjacent to an activating group) is 1. The Labute approximate surface area is 98.6 Å². The number of rotatable bonds is 5. The molecule has 1 saturated carbocycles. The first-order chi connectivity index (χ1) is 7.58. The zero-order chi connectivity index (χ0) is 12.0. The van der Waals surface area contributed by atoms with E-state index in [1.807, 2.05) is 14.1 Å². The van der Waals surface area contributed by atoms with Gasteiger partial charge in [0.1, 0.15) is 0 Å². The summed E-state index contributed by atoms with van der Waals surface area (Å²) in [6.07, 6.45) is 5.07. The van der Waals surface area contributed by atoms with Gasteiger partial charge in [-0.2, -0.15) is 0 Å². The van der Waals surface area contributed by atoms with Crippen molar-refractivity contribution in [2.45, 2.75) is 38.1 Å². The maximum absolute atomic E-state index is 11.6. The monoisotopic (exact) mass is 227 g/mol. The molecule has 0 aromatic carbocycles. The van der Waals surface area contributed by atoms with Crippen molar-refractivity contribution in [3.8, 4) is 0 Å². The number of hydrogen-bond donors (Lipinski definition) is 2. The van der Waals surface area contributed by atoms with Crippen molar-refractivity contribution in [2.75, 3.05) is 27.2 Å². The molecule has 16 heavy (non-hydrogen) atoms. The Hall–Kier alpha value is -0.610. The van der Waals surface area contributed by atoms with Gasteiger partial charge in [0.2, 0.25) is 5.91 Å². The number of nitrogens with one attached hydrogen (secondary N) is 1. The van der Waals surface area contributed by atoms with Crippen LogP contribution in [0, 0.1) is 5.92 Å². The average molecular weight is 227 g/mol. The Balaban J connectivity index is 2.09. The molecule has 0 unspecified atom stereocenters. The van der Waals surface area contributed by atoms with Crippen LogP contribution in [0.4, 0.5) is 0 Å². The van der Waals surface area contributed by atoms with Gasteiger partial charge in [0, 0.05) is 25.6 Å². The lowest BCUT2D eigenvalue weighted by atomic mass is 9.84. The standard InChI is InChI=1S/C12H25N3O/c1-15(2)8-7-14-12(16)9-10-3-5-11(13)6-4-10/h10-11H,3-9,13H2,1-2H3,(H,14,16). The molecule has 1 fully saturated rings. The maximum atomic E-state index is 11.6. The summed E-state index contributed by atoms with van der Waals surface area (Å²) < 4.78 is 0. The van der Waals surface area contributed by atoms with Crippen LogP contribution in [-0.2, 0) is 4.79 Å². The van der Waals surface area contributed by atoms with Crippen molar-refractivity contribution in [3.05, 3.63) is 0 Å². The van der Waals surface area contributed by atoms with Crippen LogP contribution in [0.15, 0.2) is 0 Å². The molecular formula is C12H25N3O. The number of carbonyl (C=O) groups excluding carboxylic acids is 1. The van der Waals surface area contributed by atoms with Gasteiger partial charge in [-0.25, -0.2) is 0 Å². The van der Waals surface area contributed by atoms with Crippen LogP contribution in [0.2, 0.25) is 0 Å². The molecule has 1 aliphatic carbocycles. The van der Waals surface area contributed by atoms with Gasteiger partial charge >= 0.3 is 0 Å². The van der Waals surface area contributed by atoms with Crippen molar-refractivity contribution in [1.82, 2.24) is 10.2 Å². The Kier molecular flexibility index (Phi) is 5.77. The van der Waals surface area contributed by atoms with Gasteiger partial charge in [0.25, 0.3) is 0 Å². The Morgan fingerprint density at radius 2 is 1.94 bits per heavy atom. The van der Waals surface area contributed by atoms with Crippen LogP contribution < -0.4 is 11.1 Å². The molecule has 0 saturated heterocycles. The highest BCUT2D eigenvalue weighted by atomic mass is 16.1. The smallest absolute Gasteiger partial charge is 0.220 e. The highest BCUT2D eigenvalue weighted by Gasteiger charge is 2.20. The molecule has 94 valence electrons. The quantitative estimate of drug-likeness (QED) is 0.722. The molecular weight excluding hydrogens is 202 g/mol. The van der Waals surface area contributed by atoms with Gasteiger partial charge in [-0.15, -0.1) is 0 Å². The minimum absolute atomic E-state index is 0.197. The normalized spacial score (nSPS) is 25.8. The first kappa shape index (κ1) is 13.5. The fourth-order valence-corrected chi connectivity index (χ4v) is 2.15. The lowest BCUT2D eigenvalue weighted by Crippen LogP contribution is -2.34. The number of nitrogens with zero attached hydrogens (tertiary/aromatic N) is 1. The molecule has 3 N–H and O–H groups in total. The van der Waals surface area contributed by atoms with Gasteiger partial charge in [-0.05, 0) is 45.7 Å². The number of amides is 1. The SMILES string of the molecule is CN(C)CCNC(=O)CC1CCC(N)CC1. The van der Waals surface area contributed by atoms with Crippen molar-refractivity contribution < 1.29 is 4.79 Å². The number of hydrogen-bond acceptors (Lipinski definition) is 3. The molecule has 0 atom stereocenters. The van der Waals surface area contributed by atoms with E-state index in [0.717, 1.165) is 38.8 Å². The number of carbonyl (C=O) groups is 1. The maximum Gasteiger partial charge on any atom is 0.220 e. The third-order valence-corrected chi connectivity index (χ3v) is 3.25. The van der Waals surface area contributed by atoms with E-state index in [1.165, 1.54) is 0 Å². The summed E-state index contributed by atoms with van der Waals surface area (Å²) in [6.45, 7) is 1.65. The minimum Gasteiger partial charge on any atom is -0.355 e. The van der Waals surface area contributed by atoms with Gasteiger partial charge < -0.3 is 16.0 Å². The van der Waals surface area contributed by atoms with Gasteiger partial charge in [-0.3, -0.25) is 4.79 Å². The molecule has 0 bridgehead atoms. The summed E-state index contributed by atoms with van der Waals surface area (Å²) in [4.78, 5) is 13.7. The molecule has 1 amide bonds. The molecule has 0 aromatic heterocycles. The lowest BCUT2D eigenvalue weighted by molar-refractivity contribution is -0.122. The second-order valence-electron chi connectivity index (χ2n) is 5.14. The molecule has 4 heteroatoms. The molecule has 0 heterocycles. The second kappa shape index (κ2) is 6.86. The molecule has 0 spiro atoms. The number of nitrogens with two attached hydrogens (primary N) is 1. The first-order valence-electron chi connectivity index (χ1n) is 6.25. The van der Waals surface area contributed by atoms with Crippen LogP contribution in [0.5, 0.6) is 0 Å². The Morgan fingerprint density at radius 1 is 1.31 bits per heavy atom. The largest absolute Gasteiger partial charge is 0.355 e. The zero-order valence-electron chi connectivity index (χ0n) is 10.5. The van der Waals surface area contributed by atoms with Crippen LogP contribution in [0.3, 0.4) is 0 Å². The summed E-state index contributed by atoms with van der Waals surface area (Å²) in [5, 5.41) is 2.96. The second-order valence-corrected chi connectivity index (χ2v) is 5.14. The van der Waals surface area contributed by atoms with E-state index in [0.29, 0.717) is 18.4 Å². The molecule has 1 aliphatic rings. The van der Waals surface area contributed by atoms with Crippen LogP contribution in [-0.4, -0.2) is 44.0 Å².